The molecule has 0 spiro atoms. The molecule has 0 radical (unpaired) electrons. The molecule has 4 aromatic rings. The molecule has 326 valence electrons. The van der Waals surface area contributed by atoms with Crippen LogP contribution in [0.15, 0.2) is 59.5 Å². The number of amides is 4. The lowest BCUT2D eigenvalue weighted by atomic mass is 9.85. The van der Waals surface area contributed by atoms with Gasteiger partial charge in [-0.2, -0.15) is 5.10 Å². The number of aliphatic carboxylic acids is 1. The number of alkyl halides is 2. The molecule has 2 aliphatic rings. The van der Waals surface area contributed by atoms with Crippen molar-refractivity contribution in [3.8, 4) is 17.1 Å². The van der Waals surface area contributed by atoms with E-state index in [2.05, 4.69) is 36.3 Å². The lowest BCUT2D eigenvalue weighted by Gasteiger charge is -2.35. The van der Waals surface area contributed by atoms with Gasteiger partial charge in [0.2, 0.25) is 17.7 Å². The maximum absolute atomic E-state index is 14.1. The van der Waals surface area contributed by atoms with E-state index in [4.69, 9.17) is 9.15 Å². The quantitative estimate of drug-likeness (QED) is 0.0905. The minimum absolute atomic E-state index is 0.00236. The van der Waals surface area contributed by atoms with E-state index in [0.717, 1.165) is 12.8 Å². The summed E-state index contributed by atoms with van der Waals surface area (Å²) in [6.07, 6.45) is 2.34. The SMILES string of the molecule is CC(C)(C)OC(=O)N[C@H](C(=O)N1C[C@@H](CC(=O)O)C[C@H]1C(=O)NCc1ccc(-n2cc(NC(=O)c3coc(-c4ccnc(NCC5CC5)c4)n3)c(C(F)F)n2)cc1)C(C)(C)C. The average Bonchev–Trinajstić information content (AvgIpc) is 3.51. The largest absolute Gasteiger partial charge is 0.481 e. The van der Waals surface area contributed by atoms with E-state index < -0.39 is 70.9 Å². The van der Waals surface area contributed by atoms with Crippen molar-refractivity contribution in [1.82, 2.24) is 35.3 Å². The van der Waals surface area contributed by atoms with Gasteiger partial charge >= 0.3 is 12.1 Å². The molecule has 1 saturated carbocycles. The summed E-state index contributed by atoms with van der Waals surface area (Å²) in [6.45, 7) is 11.2. The molecule has 6 rings (SSSR count). The summed E-state index contributed by atoms with van der Waals surface area (Å²) in [5.41, 5.74) is -1.08. The van der Waals surface area contributed by atoms with Crippen LogP contribution in [0.3, 0.4) is 0 Å². The molecule has 3 aromatic heterocycles. The van der Waals surface area contributed by atoms with E-state index in [1.165, 1.54) is 28.6 Å². The van der Waals surface area contributed by atoms with E-state index in [9.17, 15) is 37.9 Å². The maximum atomic E-state index is 14.1. The summed E-state index contributed by atoms with van der Waals surface area (Å²) < 4.78 is 40.4. The first-order chi connectivity index (χ1) is 28.7. The predicted octanol–water partition coefficient (Wildman–Crippen LogP) is 6.18. The first kappa shape index (κ1) is 44.2. The van der Waals surface area contributed by atoms with Gasteiger partial charge in [-0.05, 0) is 87.1 Å². The van der Waals surface area contributed by atoms with Crippen LogP contribution in [0, 0.1) is 17.3 Å². The third kappa shape index (κ3) is 11.7. The topological polar surface area (TPSA) is 223 Å². The van der Waals surface area contributed by atoms with Crippen LogP contribution < -0.4 is 21.3 Å². The van der Waals surface area contributed by atoms with Crippen LogP contribution in [0.5, 0.6) is 0 Å². The number of likely N-dealkylation sites (tertiary alicyclic amines) is 1. The third-order valence-corrected chi connectivity index (χ3v) is 10.1. The van der Waals surface area contributed by atoms with Crippen molar-refractivity contribution in [3.05, 3.63) is 72.0 Å². The predicted molar refractivity (Wildman–Crippen MR) is 218 cm³/mol. The minimum Gasteiger partial charge on any atom is -0.481 e. The molecule has 0 unspecified atom stereocenters. The lowest BCUT2D eigenvalue weighted by Crippen LogP contribution is -2.58. The van der Waals surface area contributed by atoms with Gasteiger partial charge in [0.15, 0.2) is 11.4 Å². The maximum Gasteiger partial charge on any atom is 0.408 e. The van der Waals surface area contributed by atoms with Crippen LogP contribution in [-0.4, -0.2) is 90.3 Å². The molecule has 3 atom stereocenters. The smallest absolute Gasteiger partial charge is 0.408 e. The second kappa shape index (κ2) is 18.1. The summed E-state index contributed by atoms with van der Waals surface area (Å²) in [4.78, 5) is 75.0. The number of benzene rings is 1. The average molecular weight is 848 g/mol. The zero-order valence-corrected chi connectivity index (χ0v) is 34.8. The fraction of sp³-hybridized carbons (Fsp3) is 0.476. The van der Waals surface area contributed by atoms with Crippen LogP contribution in [0.4, 0.5) is 25.1 Å². The number of nitrogens with one attached hydrogen (secondary N) is 4. The summed E-state index contributed by atoms with van der Waals surface area (Å²) in [7, 11) is 0. The summed E-state index contributed by atoms with van der Waals surface area (Å²) in [5, 5.41) is 24.7. The first-order valence-corrected chi connectivity index (χ1v) is 20.0. The van der Waals surface area contributed by atoms with Gasteiger partial charge in [0.25, 0.3) is 12.3 Å². The third-order valence-electron chi connectivity index (χ3n) is 10.1. The van der Waals surface area contributed by atoms with Crippen molar-refractivity contribution in [1.29, 1.82) is 0 Å². The minimum atomic E-state index is -3.03. The van der Waals surface area contributed by atoms with Crippen LogP contribution in [0.2, 0.25) is 0 Å². The molecule has 1 aromatic carbocycles. The Kier molecular flexibility index (Phi) is 13.1. The zero-order chi connectivity index (χ0) is 44.2. The van der Waals surface area contributed by atoms with Crippen LogP contribution in [0.25, 0.3) is 17.1 Å². The number of hydrogen-bond acceptors (Lipinski definition) is 11. The lowest BCUT2D eigenvalue weighted by molar-refractivity contribution is -0.142. The number of carboxylic acid groups (broad SMARTS) is 1. The molecule has 5 N–H and O–H groups in total. The van der Waals surface area contributed by atoms with Crippen LogP contribution in [-0.2, 0) is 25.7 Å². The zero-order valence-electron chi connectivity index (χ0n) is 34.8. The molecule has 17 nitrogen and oxygen atoms in total. The number of halogens is 2. The van der Waals surface area contributed by atoms with Gasteiger partial charge < -0.3 is 40.4 Å². The second-order valence-electron chi connectivity index (χ2n) is 17.5. The summed E-state index contributed by atoms with van der Waals surface area (Å²) in [5.74, 6) is -2.00. The molecule has 1 aliphatic heterocycles. The highest BCUT2D eigenvalue weighted by atomic mass is 19.3. The Bertz CT molecular complexity index is 2240. The van der Waals surface area contributed by atoms with E-state index >= 15 is 0 Å². The summed E-state index contributed by atoms with van der Waals surface area (Å²) >= 11 is 0. The molecular formula is C42H51F2N9O8. The van der Waals surface area contributed by atoms with Crippen molar-refractivity contribution in [2.75, 3.05) is 23.7 Å². The second-order valence-corrected chi connectivity index (χ2v) is 17.5. The Labute approximate surface area is 351 Å². The molecule has 1 saturated heterocycles. The number of carbonyl (C=O) groups excluding carboxylic acids is 4. The number of rotatable bonds is 15. The molecule has 61 heavy (non-hydrogen) atoms. The number of ether oxygens (including phenoxy) is 1. The number of carbonyl (C=O) groups is 5. The number of anilines is 2. The fourth-order valence-corrected chi connectivity index (χ4v) is 6.83. The monoisotopic (exact) mass is 847 g/mol. The van der Waals surface area contributed by atoms with Crippen molar-refractivity contribution in [2.45, 2.75) is 97.9 Å². The van der Waals surface area contributed by atoms with Crippen molar-refractivity contribution < 1.29 is 47.0 Å². The molecule has 4 heterocycles. The van der Waals surface area contributed by atoms with Crippen molar-refractivity contribution in [3.63, 3.8) is 0 Å². The number of nitrogens with zero attached hydrogens (tertiary/aromatic N) is 5. The molecule has 0 bridgehead atoms. The molecular weight excluding hydrogens is 797 g/mol. The van der Waals surface area contributed by atoms with E-state index in [0.29, 0.717) is 28.6 Å². The Morgan fingerprint density at radius 1 is 1.02 bits per heavy atom. The van der Waals surface area contributed by atoms with Gasteiger partial charge in [0.1, 0.15) is 29.8 Å². The molecule has 2 fully saturated rings. The van der Waals surface area contributed by atoms with Gasteiger partial charge in [0, 0.05) is 37.8 Å². The Morgan fingerprint density at radius 3 is 2.38 bits per heavy atom. The van der Waals surface area contributed by atoms with Gasteiger partial charge in [0.05, 0.1) is 17.6 Å². The van der Waals surface area contributed by atoms with Crippen molar-refractivity contribution in [2.24, 2.45) is 17.3 Å². The Morgan fingerprint density at radius 2 is 1.74 bits per heavy atom. The number of carboxylic acids is 1. The standard InChI is InChI=1S/C42H51F2N9O8/c1-41(2,3)34(50-40(59)61-42(4,5)6)39(58)52-20-25(16-32(54)55)15-30(52)37(57)47-19-24-9-11-27(12-10-24)53-21-28(33(51-53)35(43)44)48-36(56)29-22-60-38(49-29)26-13-14-45-31(17-26)46-18-23-7-8-23/h9-14,17,21-23,25,30,34-35H,7-8,15-16,18-20H2,1-6H3,(H,45,46)(H,47,57)(H,48,56)(H,50,59)(H,54,55)/t25-,30+,34-/m1/s1. The molecule has 1 aliphatic carbocycles. The van der Waals surface area contributed by atoms with E-state index in [-0.39, 0.29) is 43.2 Å². The highest BCUT2D eigenvalue weighted by Crippen LogP contribution is 2.32. The fourth-order valence-electron chi connectivity index (χ4n) is 6.83. The van der Waals surface area contributed by atoms with Crippen molar-refractivity contribution >= 4 is 41.3 Å². The highest BCUT2D eigenvalue weighted by molar-refractivity contribution is 6.03. The molecule has 19 heteroatoms. The number of hydrogen-bond donors (Lipinski definition) is 5. The van der Waals surface area contributed by atoms with Gasteiger partial charge in [-0.25, -0.2) is 28.2 Å². The first-order valence-electron chi connectivity index (χ1n) is 20.0. The highest BCUT2D eigenvalue weighted by Gasteiger charge is 2.45. The number of pyridine rings is 1. The number of aromatic nitrogens is 4. The summed E-state index contributed by atoms with van der Waals surface area (Å²) in [6, 6.07) is 7.79. The Balaban J connectivity index is 1.10. The molecule has 4 amide bonds. The number of oxazole rings is 1. The van der Waals surface area contributed by atoms with Gasteiger partial charge in [-0.3, -0.25) is 19.2 Å². The van der Waals surface area contributed by atoms with E-state index in [1.807, 2.05) is 0 Å². The van der Waals surface area contributed by atoms with Crippen LogP contribution in [0.1, 0.15) is 95.4 Å². The van der Waals surface area contributed by atoms with E-state index in [1.54, 1.807) is 84.1 Å². The number of alkyl carbamates (subject to hydrolysis) is 1. The van der Waals surface area contributed by atoms with Gasteiger partial charge in [-0.15, -0.1) is 0 Å². The van der Waals surface area contributed by atoms with Gasteiger partial charge in [-0.1, -0.05) is 32.9 Å². The Hall–Kier alpha value is -6.40. The van der Waals surface area contributed by atoms with Crippen LogP contribution >= 0.6 is 0 Å². The normalized spacial score (nSPS) is 17.2.